The van der Waals surface area contributed by atoms with Gasteiger partial charge in [-0.15, -0.1) is 0 Å². The van der Waals surface area contributed by atoms with E-state index in [1.807, 2.05) is 6.92 Å². The lowest BCUT2D eigenvalue weighted by atomic mass is 9.95. The molecule has 240 valence electrons. The molecule has 1 aromatic heterocycles. The number of rotatable bonds is 9. The molecule has 3 heterocycles. The van der Waals surface area contributed by atoms with Crippen molar-refractivity contribution in [3.63, 3.8) is 0 Å². The van der Waals surface area contributed by atoms with Gasteiger partial charge in [-0.2, -0.15) is 0 Å². The Labute approximate surface area is 257 Å². The highest BCUT2D eigenvalue weighted by Crippen LogP contribution is 2.32. The van der Waals surface area contributed by atoms with E-state index in [-0.39, 0.29) is 30.2 Å². The van der Waals surface area contributed by atoms with Crippen molar-refractivity contribution in [1.29, 1.82) is 0 Å². The number of aromatic nitrogens is 1. The third-order valence-electron chi connectivity index (χ3n) is 9.17. The quantitative estimate of drug-likeness (QED) is 0.391. The molecule has 5 rings (SSSR count). The van der Waals surface area contributed by atoms with Gasteiger partial charge in [0.25, 0.3) is 5.91 Å². The molecule has 2 saturated heterocycles. The minimum Gasteiger partial charge on any atom is -0.361 e. The highest BCUT2D eigenvalue weighted by molar-refractivity contribution is 5.97. The second kappa shape index (κ2) is 14.6. The molecule has 2 aromatic rings. The Kier molecular flexibility index (Phi) is 10.6. The Bertz CT molecular complexity index is 1310. The monoisotopic (exact) mass is 614 g/mol. The van der Waals surface area contributed by atoms with E-state index >= 15 is 0 Å². The molecule has 2 aliphatic heterocycles. The van der Waals surface area contributed by atoms with Gasteiger partial charge in [0.1, 0.15) is 23.4 Å². The van der Waals surface area contributed by atoms with Crippen LogP contribution in [0.1, 0.15) is 99.0 Å². The number of hydrogen-bond donors (Lipinski definition) is 3. The van der Waals surface area contributed by atoms with Crippen LogP contribution in [-0.4, -0.2) is 76.6 Å². The fourth-order valence-electron chi connectivity index (χ4n) is 6.81. The minimum absolute atomic E-state index is 0.0269. The fourth-order valence-corrected chi connectivity index (χ4v) is 6.81. The number of aryl methyl sites for hydroxylation is 1. The van der Waals surface area contributed by atoms with Crippen LogP contribution in [0.2, 0.25) is 0 Å². The molecule has 10 nitrogen and oxygen atoms in total. The van der Waals surface area contributed by atoms with Crippen molar-refractivity contribution in [1.82, 2.24) is 30.9 Å². The fraction of sp³-hybridized carbons (Fsp3) is 0.625. The summed E-state index contributed by atoms with van der Waals surface area (Å²) in [4.78, 5) is 43.8. The van der Waals surface area contributed by atoms with Crippen LogP contribution < -0.4 is 16.0 Å². The molecular weight excluding hydrogens is 570 g/mol. The van der Waals surface area contributed by atoms with E-state index in [0.29, 0.717) is 31.0 Å². The molecule has 0 spiro atoms. The average Bonchev–Trinajstić information content (AvgIpc) is 3.74. The molecule has 1 aliphatic carbocycles. The van der Waals surface area contributed by atoms with Gasteiger partial charge in [0.15, 0.2) is 5.69 Å². The molecule has 3 amide bonds. The topological polar surface area (TPSA) is 120 Å². The summed E-state index contributed by atoms with van der Waals surface area (Å²) in [6.07, 6.45) is 9.03. The maximum atomic E-state index is 14.9. The van der Waals surface area contributed by atoms with Crippen LogP contribution in [0.25, 0.3) is 0 Å². The normalized spacial score (nSPS) is 23.1. The van der Waals surface area contributed by atoms with Crippen molar-refractivity contribution >= 4 is 17.7 Å². The second-order valence-electron chi connectivity index (χ2n) is 12.5. The van der Waals surface area contributed by atoms with Crippen LogP contribution in [0.15, 0.2) is 28.8 Å². The number of amides is 3. The minimum atomic E-state index is -1.13. The third kappa shape index (κ3) is 7.82. The summed E-state index contributed by atoms with van der Waals surface area (Å²) in [5.74, 6) is -2.08. The Morgan fingerprint density at radius 3 is 2.39 bits per heavy atom. The van der Waals surface area contributed by atoms with Crippen LogP contribution in [0, 0.1) is 18.6 Å². The maximum absolute atomic E-state index is 14.9. The van der Waals surface area contributed by atoms with Gasteiger partial charge in [-0.1, -0.05) is 43.3 Å². The van der Waals surface area contributed by atoms with Crippen molar-refractivity contribution in [2.45, 2.75) is 108 Å². The van der Waals surface area contributed by atoms with Gasteiger partial charge < -0.3 is 20.1 Å². The molecule has 3 N–H and O–H groups in total. The first kappa shape index (κ1) is 32.0. The van der Waals surface area contributed by atoms with Gasteiger partial charge in [-0.05, 0) is 45.6 Å². The van der Waals surface area contributed by atoms with E-state index in [4.69, 9.17) is 4.52 Å². The molecule has 1 saturated carbocycles. The standard InChI is InChI=1S/C32H44F2N6O4/c1-20-16-27(38-44-20)32(43)37-26(18-29(41)39-14-8-9-15-39)31(42)35-21(2)30-36-28(24-13-12-22(33)17-25(24)34)19-40(30)23-10-6-4-3-5-7-11-23/h12-13,16-17,21,23,26,28,30,36H,3-11,14-15,18-19H2,1-2H3,(H,35,42)(H,37,43)/t21-,26-,28?,30?/m0/s1. The number of benzene rings is 1. The van der Waals surface area contributed by atoms with Gasteiger partial charge in [-0.3, -0.25) is 24.6 Å². The van der Waals surface area contributed by atoms with Crippen LogP contribution in [0.5, 0.6) is 0 Å². The number of hydrogen-bond acceptors (Lipinski definition) is 7. The molecular formula is C32H44F2N6O4. The summed E-state index contributed by atoms with van der Waals surface area (Å²) in [5.41, 5.74) is 0.409. The molecule has 0 bridgehead atoms. The van der Waals surface area contributed by atoms with E-state index in [2.05, 4.69) is 26.0 Å². The van der Waals surface area contributed by atoms with Crippen molar-refractivity contribution < 1.29 is 27.7 Å². The number of nitrogens with zero attached hydrogens (tertiary/aromatic N) is 3. The van der Waals surface area contributed by atoms with Crippen molar-refractivity contribution in [3.8, 4) is 0 Å². The lowest BCUT2D eigenvalue weighted by Crippen LogP contribution is -2.58. The van der Waals surface area contributed by atoms with Gasteiger partial charge in [-0.25, -0.2) is 8.78 Å². The smallest absolute Gasteiger partial charge is 0.274 e. The number of nitrogens with one attached hydrogen (secondary N) is 3. The lowest BCUT2D eigenvalue weighted by Gasteiger charge is -2.37. The second-order valence-corrected chi connectivity index (χ2v) is 12.5. The molecule has 0 radical (unpaired) electrons. The largest absolute Gasteiger partial charge is 0.361 e. The number of carbonyl (C=O) groups excluding carboxylic acids is 3. The van der Waals surface area contributed by atoms with E-state index in [1.165, 1.54) is 37.5 Å². The van der Waals surface area contributed by atoms with Gasteiger partial charge >= 0.3 is 0 Å². The van der Waals surface area contributed by atoms with Gasteiger partial charge in [0.2, 0.25) is 11.8 Å². The van der Waals surface area contributed by atoms with Gasteiger partial charge in [0.05, 0.1) is 18.6 Å². The number of likely N-dealkylation sites (tertiary alicyclic amines) is 1. The Hall–Kier alpha value is -3.38. The Balaban J connectivity index is 1.34. The summed E-state index contributed by atoms with van der Waals surface area (Å²) in [6.45, 7) is 5.30. The first-order chi connectivity index (χ1) is 21.2. The molecule has 44 heavy (non-hydrogen) atoms. The Morgan fingerprint density at radius 2 is 1.73 bits per heavy atom. The van der Waals surface area contributed by atoms with Crippen molar-refractivity contribution in [2.24, 2.45) is 0 Å². The molecule has 2 unspecified atom stereocenters. The summed E-state index contributed by atoms with van der Waals surface area (Å²) in [7, 11) is 0. The zero-order valence-corrected chi connectivity index (χ0v) is 25.6. The third-order valence-corrected chi connectivity index (χ3v) is 9.17. The summed E-state index contributed by atoms with van der Waals surface area (Å²) < 4.78 is 33.6. The zero-order valence-electron chi connectivity index (χ0n) is 25.6. The maximum Gasteiger partial charge on any atom is 0.274 e. The molecule has 4 atom stereocenters. The first-order valence-corrected chi connectivity index (χ1v) is 16.0. The lowest BCUT2D eigenvalue weighted by molar-refractivity contribution is -0.134. The van der Waals surface area contributed by atoms with Crippen molar-refractivity contribution in [2.75, 3.05) is 19.6 Å². The SMILES string of the molecule is Cc1cc(C(=O)N[C@@H](CC(=O)N2CCCC2)C(=O)N[C@@H](C)C2NC(c3ccc(F)cc3F)CN2C2CCCCCCC2)no1. The summed E-state index contributed by atoms with van der Waals surface area (Å²) in [5, 5.41) is 13.0. The number of carbonyl (C=O) groups is 3. The van der Waals surface area contributed by atoms with Gasteiger partial charge in [0, 0.05) is 49.4 Å². The van der Waals surface area contributed by atoms with E-state index < -0.39 is 41.6 Å². The van der Waals surface area contributed by atoms with Crippen LogP contribution >= 0.6 is 0 Å². The molecule has 1 aromatic carbocycles. The first-order valence-electron chi connectivity index (χ1n) is 16.0. The van der Waals surface area contributed by atoms with E-state index in [0.717, 1.165) is 44.6 Å². The van der Waals surface area contributed by atoms with E-state index in [9.17, 15) is 23.2 Å². The molecule has 3 aliphatic rings. The zero-order chi connectivity index (χ0) is 31.2. The predicted molar refractivity (Wildman–Crippen MR) is 159 cm³/mol. The predicted octanol–water partition coefficient (Wildman–Crippen LogP) is 3.96. The summed E-state index contributed by atoms with van der Waals surface area (Å²) >= 11 is 0. The average molecular weight is 615 g/mol. The van der Waals surface area contributed by atoms with Crippen LogP contribution in [0.4, 0.5) is 8.78 Å². The Morgan fingerprint density at radius 1 is 1.02 bits per heavy atom. The highest BCUT2D eigenvalue weighted by Gasteiger charge is 2.41. The molecule has 12 heteroatoms. The van der Waals surface area contributed by atoms with Crippen molar-refractivity contribution in [3.05, 3.63) is 52.9 Å². The van der Waals surface area contributed by atoms with E-state index in [1.54, 1.807) is 11.8 Å². The van der Waals surface area contributed by atoms with Crippen LogP contribution in [-0.2, 0) is 9.59 Å². The molecule has 3 fully saturated rings. The highest BCUT2D eigenvalue weighted by atomic mass is 19.1. The number of halogens is 2. The van der Waals surface area contributed by atoms with Crippen LogP contribution in [0.3, 0.4) is 0 Å². The summed E-state index contributed by atoms with van der Waals surface area (Å²) in [6, 6.07) is 3.37.